The normalized spacial score (nSPS) is 26.1. The average Bonchev–Trinajstić information content (AvgIpc) is 3.10. The van der Waals surface area contributed by atoms with E-state index in [1.165, 1.54) is 6.26 Å². The van der Waals surface area contributed by atoms with Gasteiger partial charge in [-0.25, -0.2) is 8.42 Å². The Labute approximate surface area is 138 Å². The minimum absolute atomic E-state index is 0.0216. The van der Waals surface area contributed by atoms with Crippen LogP contribution in [0.3, 0.4) is 0 Å². The molecule has 2 aliphatic rings. The fourth-order valence-electron chi connectivity index (χ4n) is 4.02. The molecule has 0 bridgehead atoms. The molecule has 1 atom stereocenters. The molecule has 0 unspecified atom stereocenters. The summed E-state index contributed by atoms with van der Waals surface area (Å²) in [6, 6.07) is 3.89. The highest BCUT2D eigenvalue weighted by Crippen LogP contribution is 2.44. The van der Waals surface area contributed by atoms with Crippen LogP contribution in [-0.4, -0.2) is 63.3 Å². The fraction of sp³-hybridized carbons (Fsp3) is 0.750. The highest BCUT2D eigenvalue weighted by Gasteiger charge is 2.48. The zero-order valence-corrected chi connectivity index (χ0v) is 14.7. The van der Waals surface area contributed by atoms with Crippen molar-refractivity contribution in [2.45, 2.75) is 31.8 Å². The topological polar surface area (TPSA) is 63.0 Å². The maximum Gasteiger partial charge on any atom is 0.211 e. The van der Waals surface area contributed by atoms with E-state index in [9.17, 15) is 8.42 Å². The van der Waals surface area contributed by atoms with Gasteiger partial charge in [0.2, 0.25) is 10.0 Å². The lowest BCUT2D eigenvalue weighted by molar-refractivity contribution is 0.100. The lowest BCUT2D eigenvalue weighted by Gasteiger charge is -2.39. The van der Waals surface area contributed by atoms with Gasteiger partial charge in [-0.3, -0.25) is 4.90 Å². The van der Waals surface area contributed by atoms with E-state index in [-0.39, 0.29) is 11.5 Å². The molecule has 0 aliphatic carbocycles. The smallest absolute Gasteiger partial charge is 0.211 e. The predicted molar refractivity (Wildman–Crippen MR) is 87.5 cm³/mol. The molecule has 0 saturated carbocycles. The molecular weight excluding hydrogens is 316 g/mol. The van der Waals surface area contributed by atoms with Crippen LogP contribution in [-0.2, 0) is 21.3 Å². The largest absolute Gasteiger partial charge is 0.468 e. The lowest BCUT2D eigenvalue weighted by atomic mass is 9.76. The summed E-state index contributed by atoms with van der Waals surface area (Å²) in [6.07, 6.45) is 5.97. The third-order valence-corrected chi connectivity index (χ3v) is 6.51. The van der Waals surface area contributed by atoms with Gasteiger partial charge in [-0.1, -0.05) is 0 Å². The third kappa shape index (κ3) is 3.79. The molecule has 0 radical (unpaired) electrons. The van der Waals surface area contributed by atoms with Crippen LogP contribution in [0.15, 0.2) is 22.8 Å². The highest BCUT2D eigenvalue weighted by molar-refractivity contribution is 7.88. The first-order valence-corrected chi connectivity index (χ1v) is 9.97. The van der Waals surface area contributed by atoms with Crippen molar-refractivity contribution in [2.75, 3.05) is 39.6 Å². The molecule has 1 aromatic rings. The van der Waals surface area contributed by atoms with Crippen molar-refractivity contribution in [3.63, 3.8) is 0 Å². The van der Waals surface area contributed by atoms with E-state index < -0.39 is 10.0 Å². The summed E-state index contributed by atoms with van der Waals surface area (Å²) in [5.74, 6) is 0.988. The summed E-state index contributed by atoms with van der Waals surface area (Å²) in [4.78, 5) is 2.39. The molecule has 1 spiro atoms. The Morgan fingerprint density at radius 1 is 1.39 bits per heavy atom. The second-order valence-corrected chi connectivity index (χ2v) is 8.91. The standard InChI is InChI=1S/C16H26N2O4S/c1-21-12-14-10-16(13-18(14)23(2,19)20)5-7-17(8-6-16)11-15-4-3-9-22-15/h3-4,9,14H,5-8,10-13H2,1-2H3/t14-/m0/s1. The molecular formula is C16H26N2O4S. The Morgan fingerprint density at radius 2 is 2.13 bits per heavy atom. The Hall–Kier alpha value is -0.890. The Morgan fingerprint density at radius 3 is 2.70 bits per heavy atom. The predicted octanol–water partition coefficient (Wildman–Crippen LogP) is 1.54. The average molecular weight is 342 g/mol. The maximum absolute atomic E-state index is 12.1. The highest BCUT2D eigenvalue weighted by atomic mass is 32.2. The second kappa shape index (κ2) is 6.55. The third-order valence-electron chi connectivity index (χ3n) is 5.23. The number of hydrogen-bond acceptors (Lipinski definition) is 5. The van der Waals surface area contributed by atoms with E-state index >= 15 is 0 Å². The van der Waals surface area contributed by atoms with Crippen molar-refractivity contribution < 1.29 is 17.6 Å². The van der Waals surface area contributed by atoms with Crippen LogP contribution in [0.2, 0.25) is 0 Å². The Kier molecular flexibility index (Phi) is 4.83. The molecule has 130 valence electrons. The number of methoxy groups -OCH3 is 1. The van der Waals surface area contributed by atoms with Crippen LogP contribution < -0.4 is 0 Å². The molecule has 3 rings (SSSR count). The molecule has 23 heavy (non-hydrogen) atoms. The molecule has 0 amide bonds. The zero-order chi connectivity index (χ0) is 16.5. The first kappa shape index (κ1) is 17.0. The molecule has 7 heteroatoms. The molecule has 3 heterocycles. The summed E-state index contributed by atoms with van der Waals surface area (Å²) < 4.78 is 36.5. The minimum atomic E-state index is -3.18. The lowest BCUT2D eigenvalue weighted by Crippen LogP contribution is -2.42. The molecule has 1 aromatic heterocycles. The number of ether oxygens (including phenoxy) is 1. The van der Waals surface area contributed by atoms with Crippen LogP contribution in [0.5, 0.6) is 0 Å². The Balaban J connectivity index is 1.63. The monoisotopic (exact) mass is 342 g/mol. The first-order valence-electron chi connectivity index (χ1n) is 8.12. The Bertz CT molecular complexity index is 606. The minimum Gasteiger partial charge on any atom is -0.468 e. The van der Waals surface area contributed by atoms with Crippen LogP contribution in [0.25, 0.3) is 0 Å². The summed E-state index contributed by atoms with van der Waals surface area (Å²) in [5.41, 5.74) is 0.103. The van der Waals surface area contributed by atoms with E-state index in [0.717, 1.165) is 44.7 Å². The molecule has 0 aromatic carbocycles. The van der Waals surface area contributed by atoms with Crippen molar-refractivity contribution in [1.82, 2.24) is 9.21 Å². The molecule has 2 saturated heterocycles. The number of hydrogen-bond donors (Lipinski definition) is 0. The van der Waals surface area contributed by atoms with Gasteiger partial charge in [-0.2, -0.15) is 4.31 Å². The van der Waals surface area contributed by atoms with Gasteiger partial charge in [0.25, 0.3) is 0 Å². The van der Waals surface area contributed by atoms with Crippen LogP contribution in [0.4, 0.5) is 0 Å². The van der Waals surface area contributed by atoms with Gasteiger partial charge < -0.3 is 9.15 Å². The molecule has 2 aliphatic heterocycles. The SMILES string of the molecule is COC[C@@H]1CC2(CCN(Cc3ccco3)CC2)CN1S(C)(=O)=O. The number of rotatable bonds is 5. The quantitative estimate of drug-likeness (QED) is 0.812. The number of piperidine rings is 1. The molecule has 0 N–H and O–H groups in total. The number of furan rings is 1. The van der Waals surface area contributed by atoms with Gasteiger partial charge in [-0.15, -0.1) is 0 Å². The van der Waals surface area contributed by atoms with E-state index in [0.29, 0.717) is 13.2 Å². The van der Waals surface area contributed by atoms with E-state index in [2.05, 4.69) is 4.90 Å². The van der Waals surface area contributed by atoms with Crippen molar-refractivity contribution in [2.24, 2.45) is 5.41 Å². The van der Waals surface area contributed by atoms with Gasteiger partial charge in [-0.05, 0) is 49.9 Å². The summed E-state index contributed by atoms with van der Waals surface area (Å²) >= 11 is 0. The van der Waals surface area contributed by atoms with Crippen molar-refractivity contribution >= 4 is 10.0 Å². The van der Waals surface area contributed by atoms with Crippen LogP contribution >= 0.6 is 0 Å². The first-order chi connectivity index (χ1) is 10.9. The van der Waals surface area contributed by atoms with Crippen molar-refractivity contribution in [1.29, 1.82) is 0 Å². The van der Waals surface area contributed by atoms with Crippen molar-refractivity contribution in [3.8, 4) is 0 Å². The number of nitrogens with zero attached hydrogens (tertiary/aromatic N) is 2. The fourth-order valence-corrected chi connectivity index (χ4v) is 5.20. The summed E-state index contributed by atoms with van der Waals surface area (Å²) in [6.45, 7) is 3.91. The number of likely N-dealkylation sites (tertiary alicyclic amines) is 1. The summed E-state index contributed by atoms with van der Waals surface area (Å²) in [5, 5.41) is 0. The van der Waals surface area contributed by atoms with Gasteiger partial charge in [0.05, 0.1) is 25.7 Å². The van der Waals surface area contributed by atoms with Gasteiger partial charge in [0, 0.05) is 19.7 Å². The van der Waals surface area contributed by atoms with Gasteiger partial charge >= 0.3 is 0 Å². The maximum atomic E-state index is 12.1. The van der Waals surface area contributed by atoms with Crippen molar-refractivity contribution in [3.05, 3.63) is 24.2 Å². The van der Waals surface area contributed by atoms with Gasteiger partial charge in [0.15, 0.2) is 0 Å². The molecule has 6 nitrogen and oxygen atoms in total. The second-order valence-electron chi connectivity index (χ2n) is 6.98. The number of sulfonamides is 1. The zero-order valence-electron chi connectivity index (χ0n) is 13.9. The molecule has 2 fully saturated rings. The summed E-state index contributed by atoms with van der Waals surface area (Å²) in [7, 11) is -1.54. The van der Waals surface area contributed by atoms with E-state index in [1.807, 2.05) is 12.1 Å². The van der Waals surface area contributed by atoms with Crippen LogP contribution in [0, 0.1) is 5.41 Å². The van der Waals surface area contributed by atoms with Crippen LogP contribution in [0.1, 0.15) is 25.0 Å². The van der Waals surface area contributed by atoms with E-state index in [1.54, 1.807) is 17.7 Å². The van der Waals surface area contributed by atoms with Gasteiger partial charge in [0.1, 0.15) is 5.76 Å². The van der Waals surface area contributed by atoms with E-state index in [4.69, 9.17) is 9.15 Å².